The first kappa shape index (κ1) is 13.5. The van der Waals surface area contributed by atoms with Gasteiger partial charge in [0.2, 0.25) is 0 Å². The van der Waals surface area contributed by atoms with Crippen LogP contribution in [0.3, 0.4) is 0 Å². The third-order valence-electron chi connectivity index (χ3n) is 3.76. The second kappa shape index (κ2) is 5.16. The van der Waals surface area contributed by atoms with E-state index in [4.69, 9.17) is 0 Å². The number of carbonyl (C=O) groups excluding carboxylic acids is 2. The van der Waals surface area contributed by atoms with Crippen LogP contribution in [-0.4, -0.2) is 47.1 Å². The smallest absolute Gasteiger partial charge is 0.279 e. The number of nitrogens with zero attached hydrogens (tertiary/aromatic N) is 1. The molecule has 20 heavy (non-hydrogen) atoms. The Balaban J connectivity index is 1.37. The first-order valence-electron chi connectivity index (χ1n) is 6.64. The van der Waals surface area contributed by atoms with Crippen molar-refractivity contribution < 1.29 is 14.7 Å². The number of likely N-dealkylation sites (tertiary alicyclic amines) is 1. The third kappa shape index (κ3) is 2.84. The number of thiophene rings is 1. The zero-order valence-corrected chi connectivity index (χ0v) is 11.8. The highest BCUT2D eigenvalue weighted by atomic mass is 32.1. The van der Waals surface area contributed by atoms with E-state index >= 15 is 0 Å². The average Bonchev–Trinajstić information content (AvgIpc) is 3.10. The molecule has 1 aliphatic carbocycles. The number of aliphatic hydroxyl groups is 1. The Bertz CT molecular complexity index is 507. The van der Waals surface area contributed by atoms with Crippen LogP contribution in [0.1, 0.15) is 22.5 Å². The van der Waals surface area contributed by atoms with Gasteiger partial charge >= 0.3 is 0 Å². The number of hydrogen-bond acceptors (Lipinski definition) is 5. The van der Waals surface area contributed by atoms with Crippen molar-refractivity contribution in [2.24, 2.45) is 5.92 Å². The van der Waals surface area contributed by atoms with Crippen LogP contribution < -0.4 is 10.9 Å². The lowest BCUT2D eigenvalue weighted by Gasteiger charge is -2.46. The van der Waals surface area contributed by atoms with Crippen molar-refractivity contribution in [2.75, 3.05) is 19.6 Å². The van der Waals surface area contributed by atoms with Crippen molar-refractivity contribution in [3.8, 4) is 0 Å². The van der Waals surface area contributed by atoms with Gasteiger partial charge in [-0.15, -0.1) is 11.3 Å². The van der Waals surface area contributed by atoms with Gasteiger partial charge in [-0.25, -0.2) is 0 Å². The Morgan fingerprint density at radius 1 is 1.40 bits per heavy atom. The molecule has 0 unspecified atom stereocenters. The van der Waals surface area contributed by atoms with Gasteiger partial charge in [0.1, 0.15) is 0 Å². The predicted octanol–water partition coefficient (Wildman–Crippen LogP) is -0.0342. The van der Waals surface area contributed by atoms with Gasteiger partial charge in [-0.05, 0) is 30.2 Å². The second-order valence-corrected chi connectivity index (χ2v) is 6.45. The summed E-state index contributed by atoms with van der Waals surface area (Å²) in [4.78, 5) is 25.7. The molecule has 2 heterocycles. The standard InChI is InChI=1S/C13H17N3O3S/c17-11(14-15-12(18)10-2-1-5-20-10)6-16-7-13(19,8-16)9-3-4-9/h1-2,5,9,19H,3-4,6-8H2,(H,14,17)(H,15,18). The maximum atomic E-state index is 11.7. The van der Waals surface area contributed by atoms with Crippen LogP contribution in [0.4, 0.5) is 0 Å². The summed E-state index contributed by atoms with van der Waals surface area (Å²) < 4.78 is 0. The summed E-state index contributed by atoms with van der Waals surface area (Å²) in [7, 11) is 0. The van der Waals surface area contributed by atoms with Crippen LogP contribution in [-0.2, 0) is 4.79 Å². The molecule has 108 valence electrons. The molecule has 2 aliphatic rings. The molecule has 1 aliphatic heterocycles. The van der Waals surface area contributed by atoms with Crippen molar-refractivity contribution in [1.82, 2.24) is 15.8 Å². The number of hydrazine groups is 1. The number of amides is 2. The minimum atomic E-state index is -0.583. The largest absolute Gasteiger partial charge is 0.387 e. The normalized spacial score (nSPS) is 21.1. The van der Waals surface area contributed by atoms with Gasteiger partial charge in [0.25, 0.3) is 11.8 Å². The quantitative estimate of drug-likeness (QED) is 0.681. The fourth-order valence-electron chi connectivity index (χ4n) is 2.56. The first-order valence-corrected chi connectivity index (χ1v) is 7.52. The van der Waals surface area contributed by atoms with Gasteiger partial charge in [0.15, 0.2) is 0 Å². The molecule has 0 atom stereocenters. The van der Waals surface area contributed by atoms with E-state index in [1.165, 1.54) is 11.3 Å². The Morgan fingerprint density at radius 3 is 2.75 bits per heavy atom. The molecule has 2 amide bonds. The number of β-amino-alcohol motifs (C(OH)–C–C–N with tert-alkyl or cyclic N) is 1. The molecular weight excluding hydrogens is 278 g/mol. The van der Waals surface area contributed by atoms with Crippen LogP contribution in [0.2, 0.25) is 0 Å². The summed E-state index contributed by atoms with van der Waals surface area (Å²) in [6.45, 7) is 1.29. The fourth-order valence-corrected chi connectivity index (χ4v) is 3.18. The minimum Gasteiger partial charge on any atom is -0.387 e. The molecule has 1 aromatic rings. The van der Waals surface area contributed by atoms with E-state index in [0.717, 1.165) is 12.8 Å². The highest BCUT2D eigenvalue weighted by Crippen LogP contribution is 2.44. The minimum absolute atomic E-state index is 0.194. The highest BCUT2D eigenvalue weighted by Gasteiger charge is 2.51. The Morgan fingerprint density at radius 2 is 2.15 bits per heavy atom. The zero-order chi connectivity index (χ0) is 14.2. The molecular formula is C13H17N3O3S. The molecule has 6 nitrogen and oxygen atoms in total. The summed E-state index contributed by atoms with van der Waals surface area (Å²) in [6, 6.07) is 3.47. The number of hydrogen-bond donors (Lipinski definition) is 3. The molecule has 1 saturated heterocycles. The summed E-state index contributed by atoms with van der Waals surface area (Å²) in [6.07, 6.45) is 2.18. The summed E-state index contributed by atoms with van der Waals surface area (Å²) in [5.74, 6) is -0.167. The van der Waals surface area contributed by atoms with Crippen molar-refractivity contribution in [2.45, 2.75) is 18.4 Å². The molecule has 2 fully saturated rings. The van der Waals surface area contributed by atoms with Gasteiger partial charge in [-0.1, -0.05) is 6.07 Å². The number of rotatable bonds is 4. The Labute approximate surface area is 120 Å². The Kier molecular flexibility index (Phi) is 3.49. The summed E-state index contributed by atoms with van der Waals surface area (Å²) in [5, 5.41) is 11.9. The monoisotopic (exact) mass is 295 g/mol. The van der Waals surface area contributed by atoms with Gasteiger partial charge < -0.3 is 5.11 Å². The number of carbonyl (C=O) groups is 2. The molecule has 1 aromatic heterocycles. The van der Waals surface area contributed by atoms with Crippen LogP contribution >= 0.6 is 11.3 Å². The van der Waals surface area contributed by atoms with E-state index in [0.29, 0.717) is 23.9 Å². The second-order valence-electron chi connectivity index (χ2n) is 5.50. The van der Waals surface area contributed by atoms with E-state index in [1.807, 2.05) is 4.90 Å². The number of nitrogens with one attached hydrogen (secondary N) is 2. The van der Waals surface area contributed by atoms with E-state index in [9.17, 15) is 14.7 Å². The molecule has 0 spiro atoms. The molecule has 3 rings (SSSR count). The van der Waals surface area contributed by atoms with Crippen LogP contribution in [0.15, 0.2) is 17.5 Å². The molecule has 0 aromatic carbocycles. The van der Waals surface area contributed by atoms with Gasteiger partial charge in [0.05, 0.1) is 17.0 Å². The molecule has 3 N–H and O–H groups in total. The highest BCUT2D eigenvalue weighted by molar-refractivity contribution is 7.12. The topological polar surface area (TPSA) is 81.7 Å². The maximum absolute atomic E-state index is 11.7. The Hall–Kier alpha value is -1.44. The van der Waals surface area contributed by atoms with Gasteiger partial charge in [-0.3, -0.25) is 25.3 Å². The van der Waals surface area contributed by atoms with Gasteiger partial charge in [0, 0.05) is 13.1 Å². The fraction of sp³-hybridized carbons (Fsp3) is 0.538. The first-order chi connectivity index (χ1) is 9.57. The van der Waals surface area contributed by atoms with E-state index < -0.39 is 5.60 Å². The SMILES string of the molecule is O=C(CN1CC(O)(C2CC2)C1)NNC(=O)c1cccs1. The van der Waals surface area contributed by atoms with Crippen molar-refractivity contribution in [3.63, 3.8) is 0 Å². The molecule has 7 heteroatoms. The average molecular weight is 295 g/mol. The molecule has 0 radical (unpaired) electrons. The van der Waals surface area contributed by atoms with E-state index in [2.05, 4.69) is 10.9 Å². The van der Waals surface area contributed by atoms with Gasteiger partial charge in [-0.2, -0.15) is 0 Å². The lowest BCUT2D eigenvalue weighted by molar-refractivity contribution is -0.137. The third-order valence-corrected chi connectivity index (χ3v) is 4.63. The van der Waals surface area contributed by atoms with Crippen LogP contribution in [0.25, 0.3) is 0 Å². The summed E-state index contributed by atoms with van der Waals surface area (Å²) >= 11 is 1.32. The van der Waals surface area contributed by atoms with Crippen LogP contribution in [0.5, 0.6) is 0 Å². The van der Waals surface area contributed by atoms with Crippen molar-refractivity contribution in [1.29, 1.82) is 0 Å². The summed E-state index contributed by atoms with van der Waals surface area (Å²) in [5.41, 5.74) is 4.18. The lowest BCUT2D eigenvalue weighted by Crippen LogP contribution is -2.65. The predicted molar refractivity (Wildman–Crippen MR) is 74.0 cm³/mol. The van der Waals surface area contributed by atoms with E-state index in [1.54, 1.807) is 17.5 Å². The van der Waals surface area contributed by atoms with Crippen molar-refractivity contribution in [3.05, 3.63) is 22.4 Å². The molecule has 1 saturated carbocycles. The zero-order valence-electron chi connectivity index (χ0n) is 11.0. The van der Waals surface area contributed by atoms with E-state index in [-0.39, 0.29) is 18.4 Å². The van der Waals surface area contributed by atoms with Crippen LogP contribution in [0, 0.1) is 5.92 Å². The van der Waals surface area contributed by atoms with Crippen molar-refractivity contribution >= 4 is 23.2 Å². The lowest BCUT2D eigenvalue weighted by atomic mass is 9.89. The maximum Gasteiger partial charge on any atom is 0.279 e. The molecule has 0 bridgehead atoms.